The van der Waals surface area contributed by atoms with E-state index in [-0.39, 0.29) is 24.0 Å². The molecule has 3 aromatic rings. The summed E-state index contributed by atoms with van der Waals surface area (Å²) < 4.78 is 14.1. The van der Waals surface area contributed by atoms with Crippen molar-refractivity contribution in [3.05, 3.63) is 58.3 Å². The number of methoxy groups -OCH3 is 1. The maximum atomic E-state index is 12.8. The molecule has 1 aliphatic rings. The van der Waals surface area contributed by atoms with Crippen LogP contribution < -0.4 is 9.47 Å². The van der Waals surface area contributed by atoms with Crippen LogP contribution in [0.25, 0.3) is 5.52 Å². The zero-order valence-electron chi connectivity index (χ0n) is 17.7. The molecule has 2 aromatic heterocycles. The zero-order valence-corrected chi connectivity index (χ0v) is 19.3. The summed E-state index contributed by atoms with van der Waals surface area (Å²) in [5, 5.41) is 11.9. The molecule has 1 saturated heterocycles. The Kier molecular flexibility index (Phi) is 6.00. The summed E-state index contributed by atoms with van der Waals surface area (Å²) in [7, 11) is 1.64. The van der Waals surface area contributed by atoms with E-state index < -0.39 is 0 Å². The monoisotopic (exact) mass is 484 g/mol. The van der Waals surface area contributed by atoms with Gasteiger partial charge in [-0.15, -0.1) is 0 Å². The van der Waals surface area contributed by atoms with Gasteiger partial charge in [0.2, 0.25) is 5.91 Å². The maximum Gasteiger partial charge on any atom is 0.223 e. The average Bonchev–Trinajstić information content (AvgIpc) is 3.36. The Morgan fingerprint density at radius 1 is 1.29 bits per heavy atom. The first-order chi connectivity index (χ1) is 14.9. The highest BCUT2D eigenvalue weighted by Crippen LogP contribution is 2.34. The Balaban J connectivity index is 1.51. The van der Waals surface area contributed by atoms with E-state index in [2.05, 4.69) is 21.0 Å². The summed E-state index contributed by atoms with van der Waals surface area (Å²) >= 11 is 3.49. The molecular weight excluding hydrogens is 460 g/mol. The van der Waals surface area contributed by atoms with Crippen molar-refractivity contribution in [3.8, 4) is 11.5 Å². The predicted octanol–water partition coefficient (Wildman–Crippen LogP) is 4.48. The second-order valence-corrected chi connectivity index (χ2v) is 8.76. The molecule has 3 atom stereocenters. The minimum atomic E-state index is -0.177. The maximum absolute atomic E-state index is 12.8. The summed E-state index contributed by atoms with van der Waals surface area (Å²) in [6, 6.07) is 9.70. The number of benzene rings is 1. The Hall–Kier alpha value is -2.87. The number of nitrogens with one attached hydrogen (secondary N) is 1. The molecule has 1 aromatic carbocycles. The van der Waals surface area contributed by atoms with Crippen LogP contribution in [-0.2, 0) is 4.79 Å². The molecule has 8 heteroatoms. The Morgan fingerprint density at radius 2 is 2.03 bits per heavy atom. The molecule has 1 amide bonds. The highest BCUT2D eigenvalue weighted by Gasteiger charge is 2.37. The lowest BCUT2D eigenvalue weighted by Crippen LogP contribution is -2.31. The van der Waals surface area contributed by atoms with Crippen molar-refractivity contribution in [2.24, 2.45) is 5.92 Å². The summed E-state index contributed by atoms with van der Waals surface area (Å²) in [5.74, 6) is 1.64. The van der Waals surface area contributed by atoms with Crippen molar-refractivity contribution < 1.29 is 14.3 Å². The van der Waals surface area contributed by atoms with Gasteiger partial charge in [0, 0.05) is 41.3 Å². The molecular formula is C23H25BrN4O3. The van der Waals surface area contributed by atoms with Gasteiger partial charge in [0.1, 0.15) is 23.1 Å². The number of amides is 1. The molecule has 1 fully saturated rings. The van der Waals surface area contributed by atoms with Gasteiger partial charge in [-0.1, -0.05) is 12.1 Å². The number of likely N-dealkylation sites (tertiary alicyclic amines) is 1. The van der Waals surface area contributed by atoms with E-state index in [0.717, 1.165) is 21.3 Å². The van der Waals surface area contributed by atoms with Crippen molar-refractivity contribution in [1.29, 1.82) is 5.41 Å². The van der Waals surface area contributed by atoms with Crippen molar-refractivity contribution in [2.75, 3.05) is 13.7 Å². The summed E-state index contributed by atoms with van der Waals surface area (Å²) in [6.45, 7) is 4.68. The van der Waals surface area contributed by atoms with Crippen LogP contribution in [-0.4, -0.2) is 46.4 Å². The van der Waals surface area contributed by atoms with Crippen molar-refractivity contribution in [1.82, 2.24) is 14.5 Å². The number of halogens is 1. The lowest BCUT2D eigenvalue weighted by atomic mass is 10.0. The van der Waals surface area contributed by atoms with Gasteiger partial charge < -0.3 is 19.8 Å². The number of hydrogen-bond donors (Lipinski definition) is 1. The molecule has 162 valence electrons. The lowest BCUT2D eigenvalue weighted by Gasteiger charge is -2.27. The van der Waals surface area contributed by atoms with E-state index in [0.29, 0.717) is 24.3 Å². The second-order valence-electron chi connectivity index (χ2n) is 7.84. The number of pyridine rings is 1. The number of fused-ring (bicyclic) bond motifs is 1. The van der Waals surface area contributed by atoms with Crippen LogP contribution in [0.1, 0.15) is 37.4 Å². The first kappa shape index (κ1) is 21.4. The van der Waals surface area contributed by atoms with Crippen LogP contribution >= 0.6 is 15.9 Å². The summed E-state index contributed by atoms with van der Waals surface area (Å²) in [6.07, 6.45) is 5.01. The van der Waals surface area contributed by atoms with Crippen molar-refractivity contribution in [3.63, 3.8) is 0 Å². The van der Waals surface area contributed by atoms with E-state index in [1.54, 1.807) is 17.8 Å². The van der Waals surface area contributed by atoms with Gasteiger partial charge in [-0.05, 0) is 53.5 Å². The molecule has 0 aliphatic carbocycles. The molecule has 1 aliphatic heterocycles. The largest absolute Gasteiger partial charge is 0.497 e. The fourth-order valence-corrected chi connectivity index (χ4v) is 4.48. The summed E-state index contributed by atoms with van der Waals surface area (Å²) in [5.41, 5.74) is 2.51. The molecule has 4 rings (SSSR count). The molecule has 3 heterocycles. The number of aromatic nitrogens is 2. The number of ether oxygens (including phenoxy) is 2. The molecule has 0 spiro atoms. The molecule has 0 unspecified atom stereocenters. The molecule has 0 saturated carbocycles. The third-order valence-electron chi connectivity index (χ3n) is 5.96. The minimum absolute atomic E-state index is 0.0208. The smallest absolute Gasteiger partial charge is 0.223 e. The normalized spacial score (nSPS) is 18.3. The van der Waals surface area contributed by atoms with Crippen LogP contribution in [0, 0.1) is 11.3 Å². The fraction of sp³-hybridized carbons (Fsp3) is 0.348. The van der Waals surface area contributed by atoms with E-state index in [1.807, 2.05) is 55.3 Å². The first-order valence-corrected chi connectivity index (χ1v) is 11.0. The predicted molar refractivity (Wildman–Crippen MR) is 122 cm³/mol. The van der Waals surface area contributed by atoms with Gasteiger partial charge in [0.05, 0.1) is 19.3 Å². The van der Waals surface area contributed by atoms with Crippen LogP contribution in [0.15, 0.2) is 47.2 Å². The number of hydrogen-bond acceptors (Lipinski definition) is 5. The highest BCUT2D eigenvalue weighted by atomic mass is 79.9. The molecule has 7 nitrogen and oxygen atoms in total. The molecule has 1 N–H and O–H groups in total. The fourth-order valence-electron chi connectivity index (χ4n) is 4.08. The van der Waals surface area contributed by atoms with Crippen LogP contribution in [0.4, 0.5) is 0 Å². The average molecular weight is 485 g/mol. The van der Waals surface area contributed by atoms with Gasteiger partial charge in [0.15, 0.2) is 0 Å². The standard InChI is InChI=1S/C23H25BrN4O3/c1-14(16-4-6-20(30-3)7-5-16)27-12-17(8-22(27)29)15(2)31-21-9-19(24)13-28-23(21)18(10-25)11-26-28/h4-7,9-11,13-15,17,25H,8,12H2,1-3H3/t14-,15-,17-/m1/s1. The van der Waals surface area contributed by atoms with Gasteiger partial charge in [-0.25, -0.2) is 4.52 Å². The van der Waals surface area contributed by atoms with E-state index in [9.17, 15) is 4.79 Å². The molecule has 0 radical (unpaired) electrons. The van der Waals surface area contributed by atoms with E-state index in [1.165, 1.54) is 6.21 Å². The summed E-state index contributed by atoms with van der Waals surface area (Å²) in [4.78, 5) is 14.7. The van der Waals surface area contributed by atoms with Crippen LogP contribution in [0.3, 0.4) is 0 Å². The zero-order chi connectivity index (χ0) is 22.1. The Bertz CT molecular complexity index is 1110. The Labute approximate surface area is 189 Å². The van der Waals surface area contributed by atoms with Gasteiger partial charge in [-0.3, -0.25) is 4.79 Å². The topological polar surface area (TPSA) is 79.9 Å². The number of carbonyl (C=O) groups is 1. The number of nitrogens with zero attached hydrogens (tertiary/aromatic N) is 3. The van der Waals surface area contributed by atoms with E-state index >= 15 is 0 Å². The SMILES string of the molecule is COc1ccc([C@@H](C)N2C[C@H]([C@@H](C)Oc3cc(Br)cn4ncc(C=N)c34)CC2=O)cc1. The number of rotatable bonds is 7. The highest BCUT2D eigenvalue weighted by molar-refractivity contribution is 9.10. The van der Waals surface area contributed by atoms with Crippen LogP contribution in [0.5, 0.6) is 11.5 Å². The van der Waals surface area contributed by atoms with Crippen LogP contribution in [0.2, 0.25) is 0 Å². The molecule has 31 heavy (non-hydrogen) atoms. The third kappa shape index (κ3) is 4.17. The van der Waals surface area contributed by atoms with Gasteiger partial charge >= 0.3 is 0 Å². The quantitative estimate of drug-likeness (QED) is 0.501. The minimum Gasteiger partial charge on any atom is -0.497 e. The first-order valence-electron chi connectivity index (χ1n) is 10.2. The lowest BCUT2D eigenvalue weighted by molar-refractivity contribution is -0.129. The Morgan fingerprint density at radius 3 is 2.71 bits per heavy atom. The van der Waals surface area contributed by atoms with E-state index in [4.69, 9.17) is 14.9 Å². The third-order valence-corrected chi connectivity index (χ3v) is 6.39. The van der Waals surface area contributed by atoms with Crippen molar-refractivity contribution in [2.45, 2.75) is 32.4 Å². The van der Waals surface area contributed by atoms with Gasteiger partial charge in [-0.2, -0.15) is 5.10 Å². The van der Waals surface area contributed by atoms with Gasteiger partial charge in [0.25, 0.3) is 0 Å². The second kappa shape index (κ2) is 8.70. The van der Waals surface area contributed by atoms with Crippen molar-refractivity contribution >= 4 is 33.6 Å². The number of carbonyl (C=O) groups excluding carboxylic acids is 1. The molecule has 0 bridgehead atoms.